The lowest BCUT2D eigenvalue weighted by Crippen LogP contribution is -2.38. The van der Waals surface area contributed by atoms with Gasteiger partial charge >= 0.3 is 0 Å². The van der Waals surface area contributed by atoms with Gasteiger partial charge in [0, 0.05) is 22.2 Å². The molecule has 0 saturated heterocycles. The molecule has 0 atom stereocenters. The normalized spacial score (nSPS) is 14.4. The van der Waals surface area contributed by atoms with Crippen molar-refractivity contribution in [2.45, 2.75) is 13.1 Å². The number of fused-ring (bicyclic) bond motifs is 1. The van der Waals surface area contributed by atoms with Crippen LogP contribution in [0.3, 0.4) is 0 Å². The molecule has 0 aliphatic carbocycles. The van der Waals surface area contributed by atoms with Gasteiger partial charge < -0.3 is 9.47 Å². The third-order valence-electron chi connectivity index (χ3n) is 3.02. The number of amides is 1. The minimum Gasteiger partial charge on any atom is -0.329 e. The van der Waals surface area contributed by atoms with Crippen molar-refractivity contribution in [1.82, 2.24) is 19.7 Å². The third-order valence-corrected chi connectivity index (χ3v) is 3.74. The van der Waals surface area contributed by atoms with Gasteiger partial charge in [-0.1, -0.05) is 0 Å². The Morgan fingerprint density at radius 3 is 2.78 bits per heavy atom. The quantitative estimate of drug-likeness (QED) is 0.730. The summed E-state index contributed by atoms with van der Waals surface area (Å²) in [5, 5.41) is 7.87. The number of halogens is 1. The van der Waals surface area contributed by atoms with Gasteiger partial charge in [0.2, 0.25) is 0 Å². The molecule has 0 unspecified atom stereocenters. The molecule has 6 heteroatoms. The van der Waals surface area contributed by atoms with Gasteiger partial charge in [-0.3, -0.25) is 4.79 Å². The summed E-state index contributed by atoms with van der Waals surface area (Å²) in [6.45, 7) is 2.00. The van der Waals surface area contributed by atoms with Crippen LogP contribution in [0.1, 0.15) is 16.2 Å². The highest BCUT2D eigenvalue weighted by Gasteiger charge is 2.22. The molecule has 2 heterocycles. The summed E-state index contributed by atoms with van der Waals surface area (Å²) in [4.78, 5) is 14.1. The maximum absolute atomic E-state index is 12.3. The predicted molar refractivity (Wildman–Crippen MR) is 73.9 cm³/mol. The molecular weight excluding hydrogens is 343 g/mol. The number of hydrogen-bond donors (Lipinski definition) is 0. The minimum atomic E-state index is 0.0562. The molecule has 3 rings (SSSR count). The SMILES string of the molecule is O=C(c1ccc(I)cc1)N1CCn2cnnc2C1. The molecule has 5 nitrogen and oxygen atoms in total. The number of benzene rings is 1. The first-order valence-corrected chi connectivity index (χ1v) is 6.73. The highest BCUT2D eigenvalue weighted by Crippen LogP contribution is 2.14. The van der Waals surface area contributed by atoms with Gasteiger partial charge in [-0.15, -0.1) is 10.2 Å². The van der Waals surface area contributed by atoms with Crippen molar-refractivity contribution in [2.24, 2.45) is 0 Å². The summed E-state index contributed by atoms with van der Waals surface area (Å²) < 4.78 is 3.11. The van der Waals surface area contributed by atoms with E-state index in [0.717, 1.165) is 21.5 Å². The zero-order valence-corrected chi connectivity index (χ0v) is 11.7. The Morgan fingerprint density at radius 1 is 1.22 bits per heavy atom. The summed E-state index contributed by atoms with van der Waals surface area (Å²) in [5.74, 6) is 0.903. The zero-order chi connectivity index (χ0) is 12.5. The van der Waals surface area contributed by atoms with Crippen molar-refractivity contribution in [2.75, 3.05) is 6.54 Å². The van der Waals surface area contributed by atoms with Crippen molar-refractivity contribution in [3.8, 4) is 0 Å². The molecule has 1 aromatic carbocycles. The predicted octanol–water partition coefficient (Wildman–Crippen LogP) is 1.54. The van der Waals surface area contributed by atoms with Gasteiger partial charge in [-0.2, -0.15) is 0 Å². The Hall–Kier alpha value is -1.44. The standard InChI is InChI=1S/C12H11IN4O/c13-10-3-1-9(2-4-10)12(18)16-5-6-17-8-14-15-11(17)7-16/h1-4,8H,5-7H2. The molecule has 1 aliphatic heterocycles. The highest BCUT2D eigenvalue weighted by molar-refractivity contribution is 14.1. The number of carbonyl (C=O) groups excluding carboxylic acids is 1. The molecule has 1 aliphatic rings. The van der Waals surface area contributed by atoms with Crippen molar-refractivity contribution in [3.05, 3.63) is 45.6 Å². The molecule has 0 bridgehead atoms. The van der Waals surface area contributed by atoms with Crippen LogP contribution in [0.15, 0.2) is 30.6 Å². The fourth-order valence-electron chi connectivity index (χ4n) is 2.01. The van der Waals surface area contributed by atoms with Crippen LogP contribution in [-0.4, -0.2) is 32.1 Å². The summed E-state index contributed by atoms with van der Waals surface area (Å²) in [6, 6.07) is 7.62. The first kappa shape index (κ1) is 11.6. The molecule has 0 fully saturated rings. The van der Waals surface area contributed by atoms with E-state index in [1.165, 1.54) is 0 Å². The number of hydrogen-bond acceptors (Lipinski definition) is 3. The van der Waals surface area contributed by atoms with Crippen molar-refractivity contribution in [3.63, 3.8) is 0 Å². The molecule has 18 heavy (non-hydrogen) atoms. The summed E-state index contributed by atoms with van der Waals surface area (Å²) in [5.41, 5.74) is 0.725. The average molecular weight is 354 g/mol. The summed E-state index contributed by atoms with van der Waals surface area (Å²) in [7, 11) is 0. The van der Waals surface area contributed by atoms with Crippen molar-refractivity contribution in [1.29, 1.82) is 0 Å². The second-order valence-electron chi connectivity index (χ2n) is 4.17. The van der Waals surface area contributed by atoms with E-state index in [-0.39, 0.29) is 5.91 Å². The van der Waals surface area contributed by atoms with Gasteiger partial charge in [-0.05, 0) is 46.9 Å². The number of nitrogens with zero attached hydrogens (tertiary/aromatic N) is 4. The van der Waals surface area contributed by atoms with E-state index in [9.17, 15) is 4.79 Å². The first-order valence-electron chi connectivity index (χ1n) is 5.65. The van der Waals surface area contributed by atoms with Crippen LogP contribution in [0.25, 0.3) is 0 Å². The Kier molecular flexibility index (Phi) is 3.02. The zero-order valence-electron chi connectivity index (χ0n) is 9.58. The molecular formula is C12H11IN4O. The van der Waals surface area contributed by atoms with Crippen molar-refractivity contribution >= 4 is 28.5 Å². The van der Waals surface area contributed by atoms with Crippen LogP contribution in [0.5, 0.6) is 0 Å². The number of aromatic nitrogens is 3. The molecule has 0 saturated carbocycles. The van der Waals surface area contributed by atoms with Gasteiger partial charge in [0.25, 0.3) is 5.91 Å². The molecule has 2 aromatic rings. The van der Waals surface area contributed by atoms with Crippen molar-refractivity contribution < 1.29 is 4.79 Å². The van der Waals surface area contributed by atoms with E-state index in [1.54, 1.807) is 6.33 Å². The Balaban J connectivity index is 1.80. The van der Waals surface area contributed by atoms with E-state index in [2.05, 4.69) is 32.8 Å². The fraction of sp³-hybridized carbons (Fsp3) is 0.250. The van der Waals surface area contributed by atoms with Gasteiger partial charge in [0.05, 0.1) is 6.54 Å². The van der Waals surface area contributed by atoms with E-state index >= 15 is 0 Å². The minimum absolute atomic E-state index is 0.0562. The number of rotatable bonds is 1. The third kappa shape index (κ3) is 2.12. The van der Waals surface area contributed by atoms with Crippen LogP contribution in [0.2, 0.25) is 0 Å². The maximum Gasteiger partial charge on any atom is 0.254 e. The molecule has 0 N–H and O–H groups in total. The van der Waals surface area contributed by atoms with Crippen LogP contribution in [0.4, 0.5) is 0 Å². The lowest BCUT2D eigenvalue weighted by Gasteiger charge is -2.27. The van der Waals surface area contributed by atoms with Crippen LogP contribution >= 0.6 is 22.6 Å². The second-order valence-corrected chi connectivity index (χ2v) is 5.42. The topological polar surface area (TPSA) is 51.0 Å². The second kappa shape index (κ2) is 4.68. The van der Waals surface area contributed by atoms with E-state index < -0.39 is 0 Å². The first-order chi connectivity index (χ1) is 8.74. The lowest BCUT2D eigenvalue weighted by molar-refractivity contribution is 0.0707. The molecule has 1 aromatic heterocycles. The molecule has 92 valence electrons. The van der Waals surface area contributed by atoms with Gasteiger partial charge in [0.1, 0.15) is 6.33 Å². The Bertz CT molecular complexity index is 578. The van der Waals surface area contributed by atoms with E-state index in [1.807, 2.05) is 33.7 Å². The van der Waals surface area contributed by atoms with Crippen LogP contribution in [0, 0.1) is 3.57 Å². The van der Waals surface area contributed by atoms with E-state index in [0.29, 0.717) is 13.1 Å². The van der Waals surface area contributed by atoms with Gasteiger partial charge in [0.15, 0.2) is 5.82 Å². The molecule has 0 spiro atoms. The average Bonchev–Trinajstić information content (AvgIpc) is 2.86. The largest absolute Gasteiger partial charge is 0.329 e. The maximum atomic E-state index is 12.3. The van der Waals surface area contributed by atoms with E-state index in [4.69, 9.17) is 0 Å². The Morgan fingerprint density at radius 2 is 2.00 bits per heavy atom. The smallest absolute Gasteiger partial charge is 0.254 e. The van der Waals surface area contributed by atoms with Gasteiger partial charge in [-0.25, -0.2) is 0 Å². The molecule has 0 radical (unpaired) electrons. The fourth-order valence-corrected chi connectivity index (χ4v) is 2.37. The van der Waals surface area contributed by atoms with Crippen LogP contribution in [-0.2, 0) is 13.1 Å². The molecule has 1 amide bonds. The summed E-state index contributed by atoms with van der Waals surface area (Å²) >= 11 is 2.23. The highest BCUT2D eigenvalue weighted by atomic mass is 127. The van der Waals surface area contributed by atoms with Crippen LogP contribution < -0.4 is 0 Å². The Labute approximate surface area is 118 Å². The number of carbonyl (C=O) groups is 1. The summed E-state index contributed by atoms with van der Waals surface area (Å²) in [6.07, 6.45) is 1.71. The lowest BCUT2D eigenvalue weighted by atomic mass is 10.2. The monoisotopic (exact) mass is 354 g/mol.